The molecule has 1 unspecified atom stereocenters. The lowest BCUT2D eigenvalue weighted by atomic mass is 10.1. The van der Waals surface area contributed by atoms with Gasteiger partial charge in [-0.15, -0.1) is 0 Å². The van der Waals surface area contributed by atoms with Crippen LogP contribution in [0.2, 0.25) is 0 Å². The Labute approximate surface area is 168 Å². The molecule has 1 heterocycles. The molecule has 2 N–H and O–H groups in total. The smallest absolute Gasteiger partial charge is 0.338 e. The molecule has 29 heavy (non-hydrogen) atoms. The van der Waals surface area contributed by atoms with Gasteiger partial charge in [0.25, 0.3) is 5.91 Å². The summed E-state index contributed by atoms with van der Waals surface area (Å²) >= 11 is 0. The number of aromatic nitrogens is 2. The van der Waals surface area contributed by atoms with Crippen LogP contribution in [0.3, 0.4) is 0 Å². The number of rotatable bonds is 5. The topological polar surface area (TPSA) is 93.2 Å². The number of nitrogens with zero attached hydrogens (tertiary/aromatic N) is 1. The Morgan fingerprint density at radius 1 is 1.07 bits per heavy atom. The van der Waals surface area contributed by atoms with E-state index in [0.29, 0.717) is 16.9 Å². The summed E-state index contributed by atoms with van der Waals surface area (Å²) in [6.07, 6.45) is 0.650. The van der Waals surface area contributed by atoms with Crippen LogP contribution in [0, 0.1) is 20.8 Å². The van der Waals surface area contributed by atoms with Crippen molar-refractivity contribution in [2.75, 3.05) is 5.32 Å². The zero-order chi connectivity index (χ0) is 21.1. The highest BCUT2D eigenvalue weighted by Crippen LogP contribution is 2.17. The number of carbonyl (C=O) groups is 2. The second kappa shape index (κ2) is 8.18. The van der Waals surface area contributed by atoms with E-state index in [1.807, 2.05) is 32.0 Å². The molecule has 0 fully saturated rings. The van der Waals surface area contributed by atoms with Crippen molar-refractivity contribution < 1.29 is 14.3 Å². The minimum absolute atomic E-state index is 0.255. The van der Waals surface area contributed by atoms with E-state index in [2.05, 4.69) is 10.3 Å². The molecule has 0 saturated carbocycles. The lowest BCUT2D eigenvalue weighted by Crippen LogP contribution is -2.30. The first-order valence-electron chi connectivity index (χ1n) is 9.23. The molecule has 0 bridgehead atoms. The number of hydrogen-bond acceptors (Lipinski definition) is 4. The van der Waals surface area contributed by atoms with E-state index >= 15 is 0 Å². The molecule has 0 radical (unpaired) electrons. The van der Waals surface area contributed by atoms with E-state index in [0.717, 1.165) is 16.8 Å². The van der Waals surface area contributed by atoms with Crippen LogP contribution in [0.4, 0.5) is 5.69 Å². The molecule has 3 aromatic rings. The molecule has 0 aliphatic rings. The first kappa shape index (κ1) is 20.1. The van der Waals surface area contributed by atoms with Gasteiger partial charge in [-0.25, -0.2) is 9.59 Å². The maximum atomic E-state index is 12.4. The Hall–Kier alpha value is -3.61. The quantitative estimate of drug-likeness (QED) is 0.651. The molecule has 7 heteroatoms. The minimum atomic E-state index is -0.961. The zero-order valence-electron chi connectivity index (χ0n) is 16.8. The molecule has 2 aromatic carbocycles. The van der Waals surface area contributed by atoms with E-state index in [-0.39, 0.29) is 5.69 Å². The van der Waals surface area contributed by atoms with Gasteiger partial charge in [-0.1, -0.05) is 12.1 Å². The number of aryl methyl sites for hydroxylation is 3. The Morgan fingerprint density at radius 3 is 2.38 bits per heavy atom. The number of imidazole rings is 1. The number of hydrogen-bond donors (Lipinski definition) is 2. The number of nitrogens with one attached hydrogen (secondary N) is 2. The lowest BCUT2D eigenvalue weighted by molar-refractivity contribution is -0.123. The Morgan fingerprint density at radius 2 is 1.76 bits per heavy atom. The van der Waals surface area contributed by atoms with Crippen molar-refractivity contribution in [1.82, 2.24) is 9.55 Å². The van der Waals surface area contributed by atoms with Gasteiger partial charge in [-0.2, -0.15) is 0 Å². The summed E-state index contributed by atoms with van der Waals surface area (Å²) in [4.78, 5) is 39.2. The van der Waals surface area contributed by atoms with Gasteiger partial charge < -0.3 is 15.0 Å². The summed E-state index contributed by atoms with van der Waals surface area (Å²) in [5, 5.41) is 2.79. The molecule has 1 aromatic heterocycles. The fourth-order valence-corrected chi connectivity index (χ4v) is 2.91. The second-order valence-corrected chi connectivity index (χ2v) is 6.97. The van der Waals surface area contributed by atoms with Crippen molar-refractivity contribution in [2.24, 2.45) is 0 Å². The third kappa shape index (κ3) is 4.45. The van der Waals surface area contributed by atoms with Crippen molar-refractivity contribution in [2.45, 2.75) is 33.8 Å². The maximum Gasteiger partial charge on any atom is 0.338 e. The average Bonchev–Trinajstić information content (AvgIpc) is 3.03. The average molecular weight is 393 g/mol. The number of anilines is 1. The molecule has 7 nitrogen and oxygen atoms in total. The van der Waals surface area contributed by atoms with Crippen LogP contribution in [0.1, 0.15) is 34.1 Å². The number of ether oxygens (including phenoxy) is 1. The van der Waals surface area contributed by atoms with Crippen LogP contribution < -0.4 is 11.0 Å². The summed E-state index contributed by atoms with van der Waals surface area (Å²) in [6.45, 7) is 7.15. The van der Waals surface area contributed by atoms with Crippen LogP contribution in [0.15, 0.2) is 53.5 Å². The maximum absolute atomic E-state index is 12.4. The third-order valence-electron chi connectivity index (χ3n) is 4.63. The molecule has 0 saturated heterocycles. The van der Waals surface area contributed by atoms with Crippen LogP contribution in [0.25, 0.3) is 5.69 Å². The van der Waals surface area contributed by atoms with Gasteiger partial charge in [0.1, 0.15) is 0 Å². The Kier molecular flexibility index (Phi) is 5.68. The van der Waals surface area contributed by atoms with Crippen molar-refractivity contribution >= 4 is 17.6 Å². The van der Waals surface area contributed by atoms with Gasteiger partial charge in [-0.3, -0.25) is 9.36 Å². The summed E-state index contributed by atoms with van der Waals surface area (Å²) in [7, 11) is 0. The summed E-state index contributed by atoms with van der Waals surface area (Å²) in [5.41, 5.74) is 4.05. The highest BCUT2D eigenvalue weighted by atomic mass is 16.5. The van der Waals surface area contributed by atoms with E-state index < -0.39 is 18.0 Å². The van der Waals surface area contributed by atoms with Gasteiger partial charge >= 0.3 is 11.7 Å². The van der Waals surface area contributed by atoms with E-state index in [1.165, 1.54) is 11.5 Å². The number of H-pyrrole nitrogens is 1. The van der Waals surface area contributed by atoms with Crippen LogP contribution in [0.5, 0.6) is 0 Å². The predicted octanol–water partition coefficient (Wildman–Crippen LogP) is 3.27. The van der Waals surface area contributed by atoms with Crippen LogP contribution in [-0.2, 0) is 9.53 Å². The fraction of sp³-hybridized carbons (Fsp3) is 0.227. The zero-order valence-corrected chi connectivity index (χ0v) is 16.8. The second-order valence-electron chi connectivity index (χ2n) is 6.97. The molecule has 0 aliphatic heterocycles. The van der Waals surface area contributed by atoms with Crippen molar-refractivity contribution in [1.29, 1.82) is 0 Å². The van der Waals surface area contributed by atoms with Gasteiger partial charge in [0.05, 0.1) is 11.3 Å². The normalized spacial score (nSPS) is 11.7. The monoisotopic (exact) mass is 393 g/mol. The number of benzene rings is 2. The molecule has 3 rings (SSSR count). The van der Waals surface area contributed by atoms with Crippen molar-refractivity contribution in [3.05, 3.63) is 81.5 Å². The van der Waals surface area contributed by atoms with Crippen LogP contribution >= 0.6 is 0 Å². The number of amides is 1. The number of aromatic amines is 1. The van der Waals surface area contributed by atoms with Gasteiger partial charge in [0.15, 0.2) is 6.10 Å². The lowest BCUT2D eigenvalue weighted by Gasteiger charge is -2.15. The molecule has 0 spiro atoms. The van der Waals surface area contributed by atoms with Crippen LogP contribution in [-0.4, -0.2) is 27.5 Å². The fourth-order valence-electron chi connectivity index (χ4n) is 2.91. The molecule has 150 valence electrons. The summed E-state index contributed by atoms with van der Waals surface area (Å²) < 4.78 is 6.79. The standard InChI is InChI=1S/C22H23N3O4/c1-13-5-6-14(2)19(11-13)24-20(26)16(4)29-21(27)17-7-9-18(10-8-17)25-15(3)12-23-22(25)28/h5-12,16H,1-4H3,(H,23,28)(H,24,26). The molecular formula is C22H23N3O4. The molecule has 0 aliphatic carbocycles. The van der Waals surface area contributed by atoms with Gasteiger partial charge in [-0.05, 0) is 69.2 Å². The largest absolute Gasteiger partial charge is 0.449 e. The number of esters is 1. The SMILES string of the molecule is Cc1ccc(C)c(NC(=O)C(C)OC(=O)c2ccc(-n3c(C)c[nH]c3=O)cc2)c1. The van der Waals surface area contributed by atoms with Gasteiger partial charge in [0, 0.05) is 17.6 Å². The Bertz CT molecular complexity index is 1110. The summed E-state index contributed by atoms with van der Waals surface area (Å²) in [5.74, 6) is -1.02. The first-order chi connectivity index (χ1) is 13.8. The molecule has 1 atom stereocenters. The van der Waals surface area contributed by atoms with Gasteiger partial charge in [0.2, 0.25) is 0 Å². The van der Waals surface area contributed by atoms with E-state index in [9.17, 15) is 14.4 Å². The highest BCUT2D eigenvalue weighted by Gasteiger charge is 2.20. The Balaban J connectivity index is 1.67. The van der Waals surface area contributed by atoms with Crippen molar-refractivity contribution in [3.63, 3.8) is 0 Å². The number of carbonyl (C=O) groups excluding carboxylic acids is 2. The molecule has 1 amide bonds. The predicted molar refractivity (Wildman–Crippen MR) is 111 cm³/mol. The van der Waals surface area contributed by atoms with Crippen molar-refractivity contribution in [3.8, 4) is 5.69 Å². The van der Waals surface area contributed by atoms with E-state index in [1.54, 1.807) is 37.4 Å². The third-order valence-corrected chi connectivity index (χ3v) is 4.63. The molecular weight excluding hydrogens is 370 g/mol. The first-order valence-corrected chi connectivity index (χ1v) is 9.23. The van der Waals surface area contributed by atoms with E-state index in [4.69, 9.17) is 4.74 Å². The summed E-state index contributed by atoms with van der Waals surface area (Å²) in [6, 6.07) is 12.2. The minimum Gasteiger partial charge on any atom is -0.449 e. The highest BCUT2D eigenvalue weighted by molar-refractivity contribution is 5.97.